The summed E-state index contributed by atoms with van der Waals surface area (Å²) in [6.07, 6.45) is 1.50. The molecule has 166 valence electrons. The van der Waals surface area contributed by atoms with Gasteiger partial charge >= 0.3 is 6.03 Å². The maximum absolute atomic E-state index is 14.0. The van der Waals surface area contributed by atoms with Crippen molar-refractivity contribution in [2.75, 3.05) is 15.5 Å². The first kappa shape index (κ1) is 21.9. The van der Waals surface area contributed by atoms with Crippen LogP contribution < -0.4 is 15.5 Å². The van der Waals surface area contributed by atoms with Crippen molar-refractivity contribution < 1.29 is 13.6 Å². The average Bonchev–Trinajstić information content (AvgIpc) is 2.80. The third-order valence-corrected chi connectivity index (χ3v) is 4.86. The Kier molecular flexibility index (Phi) is 6.54. The maximum atomic E-state index is 14.0. The summed E-state index contributed by atoms with van der Waals surface area (Å²) < 4.78 is 27.6. The molecule has 1 heterocycles. The quantitative estimate of drug-likeness (QED) is 0.366. The fourth-order valence-corrected chi connectivity index (χ4v) is 3.28. The van der Waals surface area contributed by atoms with Crippen LogP contribution in [0.1, 0.15) is 18.5 Å². The number of carbonyl (C=O) groups excluding carboxylic acids is 1. The third-order valence-electron chi connectivity index (χ3n) is 4.86. The second-order valence-corrected chi connectivity index (χ2v) is 7.27. The SMILES string of the molecule is CC(Nc1nccc(N(C(=O)Nc2cccc(F)c2)c2cccc(F)c2)n1)c1ccccc1. The first-order chi connectivity index (χ1) is 16.0. The smallest absolute Gasteiger partial charge is 0.332 e. The van der Waals surface area contributed by atoms with E-state index in [1.165, 1.54) is 53.6 Å². The molecule has 0 aliphatic rings. The summed E-state index contributed by atoms with van der Waals surface area (Å²) in [6.45, 7) is 1.96. The molecule has 0 bridgehead atoms. The van der Waals surface area contributed by atoms with Gasteiger partial charge in [-0.2, -0.15) is 4.98 Å². The number of aromatic nitrogens is 2. The fourth-order valence-electron chi connectivity index (χ4n) is 3.28. The monoisotopic (exact) mass is 445 g/mol. The highest BCUT2D eigenvalue weighted by Crippen LogP contribution is 2.27. The second-order valence-electron chi connectivity index (χ2n) is 7.27. The van der Waals surface area contributed by atoms with Crippen molar-refractivity contribution in [2.45, 2.75) is 13.0 Å². The summed E-state index contributed by atoms with van der Waals surface area (Å²) in [4.78, 5) is 23.1. The van der Waals surface area contributed by atoms with Crippen molar-refractivity contribution in [1.82, 2.24) is 9.97 Å². The van der Waals surface area contributed by atoms with Gasteiger partial charge in [0.05, 0.1) is 11.7 Å². The molecule has 2 N–H and O–H groups in total. The van der Waals surface area contributed by atoms with E-state index in [4.69, 9.17) is 0 Å². The Labute approximate surface area is 189 Å². The summed E-state index contributed by atoms with van der Waals surface area (Å²) in [5, 5.41) is 5.84. The Balaban J connectivity index is 1.65. The molecule has 1 aromatic heterocycles. The minimum absolute atomic E-state index is 0.0924. The zero-order valence-electron chi connectivity index (χ0n) is 17.7. The Morgan fingerprint density at radius 1 is 0.909 bits per heavy atom. The van der Waals surface area contributed by atoms with Gasteiger partial charge in [-0.3, -0.25) is 0 Å². The van der Waals surface area contributed by atoms with E-state index in [2.05, 4.69) is 20.6 Å². The Hall–Kier alpha value is -4.33. The zero-order valence-corrected chi connectivity index (χ0v) is 17.7. The van der Waals surface area contributed by atoms with Crippen LogP contribution in [-0.4, -0.2) is 16.0 Å². The highest BCUT2D eigenvalue weighted by Gasteiger charge is 2.21. The standard InChI is InChI=1S/C25H21F2N5O/c1-17(18-7-3-2-4-8-18)29-24-28-14-13-23(31-24)32(22-12-6-10-20(27)16-22)25(33)30-21-11-5-9-19(26)15-21/h2-17H,1H3,(H,30,33)(H,28,29,31). The number of nitrogens with one attached hydrogen (secondary N) is 2. The van der Waals surface area contributed by atoms with E-state index in [-0.39, 0.29) is 23.2 Å². The fraction of sp³-hybridized carbons (Fsp3) is 0.0800. The van der Waals surface area contributed by atoms with Crippen molar-refractivity contribution in [3.63, 3.8) is 0 Å². The van der Waals surface area contributed by atoms with Gasteiger partial charge in [-0.1, -0.05) is 42.5 Å². The molecule has 33 heavy (non-hydrogen) atoms. The van der Waals surface area contributed by atoms with Crippen LogP contribution in [0.25, 0.3) is 0 Å². The zero-order chi connectivity index (χ0) is 23.2. The minimum Gasteiger partial charge on any atom is -0.348 e. The number of hydrogen-bond donors (Lipinski definition) is 2. The Morgan fingerprint density at radius 3 is 2.36 bits per heavy atom. The first-order valence-corrected chi connectivity index (χ1v) is 10.3. The van der Waals surface area contributed by atoms with E-state index in [9.17, 15) is 13.6 Å². The minimum atomic E-state index is -0.632. The molecule has 3 aromatic carbocycles. The highest BCUT2D eigenvalue weighted by atomic mass is 19.1. The largest absolute Gasteiger partial charge is 0.348 e. The van der Waals surface area contributed by atoms with Crippen LogP contribution in [0.2, 0.25) is 0 Å². The average molecular weight is 445 g/mol. The number of halogens is 2. The molecule has 1 unspecified atom stereocenters. The van der Waals surface area contributed by atoms with Crippen LogP contribution in [0.15, 0.2) is 91.1 Å². The first-order valence-electron chi connectivity index (χ1n) is 10.3. The van der Waals surface area contributed by atoms with Crippen LogP contribution in [-0.2, 0) is 0 Å². The summed E-state index contributed by atoms with van der Waals surface area (Å²) in [5.74, 6) is -0.495. The Morgan fingerprint density at radius 2 is 1.64 bits per heavy atom. The van der Waals surface area contributed by atoms with Gasteiger partial charge in [0.15, 0.2) is 0 Å². The normalized spacial score (nSPS) is 11.5. The summed E-state index contributed by atoms with van der Waals surface area (Å²) in [7, 11) is 0. The summed E-state index contributed by atoms with van der Waals surface area (Å²) in [5.41, 5.74) is 1.55. The number of carbonyl (C=O) groups is 1. The van der Waals surface area contributed by atoms with Gasteiger partial charge in [-0.25, -0.2) is 23.5 Å². The van der Waals surface area contributed by atoms with E-state index in [0.29, 0.717) is 5.95 Å². The van der Waals surface area contributed by atoms with Gasteiger partial charge in [-0.05, 0) is 48.9 Å². The molecule has 6 nitrogen and oxygen atoms in total. The van der Waals surface area contributed by atoms with Crippen LogP contribution in [0, 0.1) is 11.6 Å². The van der Waals surface area contributed by atoms with Crippen molar-refractivity contribution in [3.8, 4) is 0 Å². The third kappa shape index (κ3) is 5.48. The van der Waals surface area contributed by atoms with E-state index in [1.54, 1.807) is 12.1 Å². The molecule has 2 amide bonds. The molecular formula is C25H21F2N5O. The molecule has 1 atom stereocenters. The van der Waals surface area contributed by atoms with Gasteiger partial charge < -0.3 is 10.6 Å². The van der Waals surface area contributed by atoms with Crippen molar-refractivity contribution in [1.29, 1.82) is 0 Å². The van der Waals surface area contributed by atoms with Gasteiger partial charge in [0.2, 0.25) is 5.95 Å². The maximum Gasteiger partial charge on any atom is 0.332 e. The lowest BCUT2D eigenvalue weighted by Crippen LogP contribution is -2.31. The van der Waals surface area contributed by atoms with Crippen LogP contribution in [0.4, 0.5) is 36.7 Å². The molecule has 0 saturated heterocycles. The van der Waals surface area contributed by atoms with Gasteiger partial charge in [-0.15, -0.1) is 0 Å². The second kappa shape index (κ2) is 9.86. The topological polar surface area (TPSA) is 70.2 Å². The number of hydrogen-bond acceptors (Lipinski definition) is 4. The van der Waals surface area contributed by atoms with E-state index in [0.717, 1.165) is 5.56 Å². The predicted octanol–water partition coefficient (Wildman–Crippen LogP) is 6.30. The summed E-state index contributed by atoms with van der Waals surface area (Å²) >= 11 is 0. The molecule has 0 saturated carbocycles. The molecule has 0 fully saturated rings. The number of benzene rings is 3. The number of urea groups is 1. The molecule has 0 spiro atoms. The van der Waals surface area contributed by atoms with Gasteiger partial charge in [0, 0.05) is 18.0 Å². The lowest BCUT2D eigenvalue weighted by Gasteiger charge is -2.23. The molecule has 0 aliphatic carbocycles. The highest BCUT2D eigenvalue weighted by molar-refractivity contribution is 6.06. The van der Waals surface area contributed by atoms with Crippen molar-refractivity contribution in [3.05, 3.63) is 108 Å². The molecule has 4 rings (SSSR count). The Bertz CT molecular complexity index is 1250. The predicted molar refractivity (Wildman–Crippen MR) is 124 cm³/mol. The molecule has 0 aliphatic heterocycles. The molecule has 0 radical (unpaired) electrons. The lowest BCUT2D eigenvalue weighted by atomic mass is 10.1. The van der Waals surface area contributed by atoms with Crippen LogP contribution >= 0.6 is 0 Å². The van der Waals surface area contributed by atoms with Gasteiger partial charge in [0.1, 0.15) is 17.5 Å². The lowest BCUT2D eigenvalue weighted by molar-refractivity contribution is 0.259. The van der Waals surface area contributed by atoms with E-state index >= 15 is 0 Å². The van der Waals surface area contributed by atoms with E-state index in [1.807, 2.05) is 37.3 Å². The molecular weight excluding hydrogens is 424 g/mol. The number of nitrogens with zero attached hydrogens (tertiary/aromatic N) is 3. The number of amides is 2. The van der Waals surface area contributed by atoms with Crippen LogP contribution in [0.3, 0.4) is 0 Å². The number of anilines is 4. The molecule has 8 heteroatoms. The molecule has 4 aromatic rings. The van der Waals surface area contributed by atoms with E-state index < -0.39 is 17.7 Å². The van der Waals surface area contributed by atoms with Crippen LogP contribution in [0.5, 0.6) is 0 Å². The van der Waals surface area contributed by atoms with Gasteiger partial charge in [0.25, 0.3) is 0 Å². The number of rotatable bonds is 6. The van der Waals surface area contributed by atoms with Crippen molar-refractivity contribution >= 4 is 29.2 Å². The summed E-state index contributed by atoms with van der Waals surface area (Å²) in [6, 6.07) is 21.6. The van der Waals surface area contributed by atoms with Crippen molar-refractivity contribution in [2.24, 2.45) is 0 Å².